The normalized spacial score (nSPS) is 11.4. The van der Waals surface area contributed by atoms with Crippen LogP contribution in [0.3, 0.4) is 0 Å². The molecule has 0 saturated heterocycles. The number of amides is 3. The van der Waals surface area contributed by atoms with Crippen LogP contribution in [0.4, 0.5) is 10.5 Å². The number of anilines is 1. The average molecular weight is 391 g/mol. The first-order valence-electron chi connectivity index (χ1n) is 8.71. The summed E-state index contributed by atoms with van der Waals surface area (Å²) in [6, 6.07) is 11.8. The molecule has 2 aromatic rings. The van der Waals surface area contributed by atoms with E-state index in [2.05, 4.69) is 25.7 Å². The Morgan fingerprint density at radius 2 is 1.76 bits per heavy atom. The number of nitrogens with zero attached hydrogens (tertiary/aromatic N) is 2. The maximum atomic E-state index is 11.9. The number of benzene rings is 2. The summed E-state index contributed by atoms with van der Waals surface area (Å²) in [5.74, 6) is 0.155. The van der Waals surface area contributed by atoms with Gasteiger partial charge in [-0.1, -0.05) is 17.2 Å². The van der Waals surface area contributed by atoms with E-state index in [1.165, 1.54) is 6.92 Å². The number of nitrogens with one attached hydrogen (secondary N) is 3. The first-order chi connectivity index (χ1) is 14.0. The molecule has 1 aliphatic heterocycles. The molecule has 9 nitrogen and oxygen atoms in total. The zero-order valence-corrected chi connectivity index (χ0v) is 15.6. The standard InChI is InChI=1S/C20H17N5O4/c1-10(26)22-25-20(28)21-14-5-3-4-13-15(14)19(27)16-17(23-24-18(13)16)11-6-8-12(29-2)9-7-11/h3-9,23-24,27H,1-2H3,(H,21,28). The minimum Gasteiger partial charge on any atom is -0.506 e. The van der Waals surface area contributed by atoms with Gasteiger partial charge in [-0.3, -0.25) is 15.0 Å². The molecule has 1 aliphatic carbocycles. The molecule has 0 radical (unpaired) electrons. The number of carbonyl (C=O) groups excluding carboxylic acids is 2. The molecule has 0 spiro atoms. The highest BCUT2D eigenvalue weighted by Gasteiger charge is 2.26. The lowest BCUT2D eigenvalue weighted by atomic mass is 10.1. The minimum absolute atomic E-state index is 0.0118. The van der Waals surface area contributed by atoms with E-state index in [1.807, 2.05) is 30.3 Å². The fourth-order valence-electron chi connectivity index (χ4n) is 3.29. The van der Waals surface area contributed by atoms with Crippen LogP contribution in [0.2, 0.25) is 0 Å². The molecule has 0 atom stereocenters. The molecule has 146 valence electrons. The molecular formula is C20H17N5O4. The number of hydrogen-bond acceptors (Lipinski definition) is 4. The van der Waals surface area contributed by atoms with Gasteiger partial charge in [0.2, 0.25) is 0 Å². The topological polar surface area (TPSA) is 132 Å². The van der Waals surface area contributed by atoms with E-state index in [9.17, 15) is 14.7 Å². The van der Waals surface area contributed by atoms with Gasteiger partial charge in [0.25, 0.3) is 5.91 Å². The van der Waals surface area contributed by atoms with E-state index in [0.29, 0.717) is 28.0 Å². The van der Waals surface area contributed by atoms with Crippen LogP contribution in [0.1, 0.15) is 6.92 Å². The second-order valence-corrected chi connectivity index (χ2v) is 6.33. The zero-order chi connectivity index (χ0) is 20.5. The summed E-state index contributed by atoms with van der Waals surface area (Å²) in [7, 11) is 1.59. The number of urea groups is 1. The van der Waals surface area contributed by atoms with Crippen molar-refractivity contribution in [2.45, 2.75) is 6.92 Å². The number of aromatic amines is 2. The van der Waals surface area contributed by atoms with Crippen LogP contribution in [0.5, 0.6) is 11.5 Å². The van der Waals surface area contributed by atoms with Gasteiger partial charge >= 0.3 is 6.03 Å². The molecule has 0 aromatic heterocycles. The van der Waals surface area contributed by atoms with Gasteiger partial charge in [0, 0.05) is 17.9 Å². The lowest BCUT2D eigenvalue weighted by Crippen LogP contribution is -2.06. The van der Waals surface area contributed by atoms with Gasteiger partial charge in [0.05, 0.1) is 35.1 Å². The largest absolute Gasteiger partial charge is 0.506 e. The van der Waals surface area contributed by atoms with Gasteiger partial charge in [-0.25, -0.2) is 4.79 Å². The van der Waals surface area contributed by atoms with Crippen molar-refractivity contribution in [3.05, 3.63) is 42.5 Å². The van der Waals surface area contributed by atoms with Crippen molar-refractivity contribution in [2.75, 3.05) is 12.4 Å². The van der Waals surface area contributed by atoms with Crippen molar-refractivity contribution >= 4 is 28.4 Å². The minimum atomic E-state index is -0.807. The van der Waals surface area contributed by atoms with Gasteiger partial charge in [-0.2, -0.15) is 0 Å². The Bertz CT molecular complexity index is 1220. The van der Waals surface area contributed by atoms with E-state index in [0.717, 1.165) is 16.7 Å². The molecule has 4 rings (SSSR count). The van der Waals surface area contributed by atoms with Crippen LogP contribution in [-0.4, -0.2) is 34.4 Å². The Balaban J connectivity index is 1.81. The Kier molecular flexibility index (Phi) is 4.47. The van der Waals surface area contributed by atoms with E-state index in [-0.39, 0.29) is 5.75 Å². The van der Waals surface area contributed by atoms with Crippen molar-refractivity contribution in [2.24, 2.45) is 10.2 Å². The van der Waals surface area contributed by atoms with Crippen molar-refractivity contribution in [1.82, 2.24) is 10.2 Å². The molecule has 2 aromatic carbocycles. The molecule has 2 aliphatic rings. The number of rotatable bonds is 3. The maximum absolute atomic E-state index is 11.9. The van der Waals surface area contributed by atoms with E-state index >= 15 is 0 Å². The molecule has 0 unspecified atom stereocenters. The van der Waals surface area contributed by atoms with Crippen LogP contribution < -0.4 is 10.1 Å². The molecule has 29 heavy (non-hydrogen) atoms. The van der Waals surface area contributed by atoms with Gasteiger partial charge in [0.1, 0.15) is 11.5 Å². The number of azo groups is 1. The number of aromatic nitrogens is 2. The van der Waals surface area contributed by atoms with Crippen molar-refractivity contribution < 1.29 is 19.4 Å². The third-order valence-corrected chi connectivity index (χ3v) is 4.52. The first kappa shape index (κ1) is 18.2. The summed E-state index contributed by atoms with van der Waals surface area (Å²) >= 11 is 0. The third-order valence-electron chi connectivity index (χ3n) is 4.52. The average Bonchev–Trinajstić information content (AvgIpc) is 3.27. The van der Waals surface area contributed by atoms with Crippen LogP contribution in [0, 0.1) is 0 Å². The Labute approximate surface area is 164 Å². The van der Waals surface area contributed by atoms with E-state index in [4.69, 9.17) is 4.74 Å². The summed E-state index contributed by atoms with van der Waals surface area (Å²) in [5, 5.41) is 27.4. The van der Waals surface area contributed by atoms with E-state index < -0.39 is 11.9 Å². The number of ether oxygens (including phenoxy) is 1. The molecule has 9 heteroatoms. The quantitative estimate of drug-likeness (QED) is 0.382. The first-order valence-corrected chi connectivity index (χ1v) is 8.71. The summed E-state index contributed by atoms with van der Waals surface area (Å²) in [5.41, 5.74) is 3.20. The number of methoxy groups -OCH3 is 1. The number of H-pyrrole nitrogens is 2. The fraction of sp³-hybridized carbons (Fsp3) is 0.100. The predicted molar refractivity (Wildman–Crippen MR) is 107 cm³/mol. The van der Waals surface area contributed by atoms with Gasteiger partial charge in [-0.15, -0.1) is 5.11 Å². The van der Waals surface area contributed by atoms with Crippen LogP contribution in [0.25, 0.3) is 33.3 Å². The lowest BCUT2D eigenvalue weighted by Gasteiger charge is -2.05. The third kappa shape index (κ3) is 3.18. The second-order valence-electron chi connectivity index (χ2n) is 6.33. The molecule has 0 fully saturated rings. The number of carbonyl (C=O) groups is 2. The molecule has 3 amide bonds. The summed E-state index contributed by atoms with van der Waals surface area (Å²) in [6.07, 6.45) is 0. The number of hydrogen-bond donors (Lipinski definition) is 4. The Morgan fingerprint density at radius 1 is 1.03 bits per heavy atom. The van der Waals surface area contributed by atoms with Crippen molar-refractivity contribution in [1.29, 1.82) is 0 Å². The zero-order valence-electron chi connectivity index (χ0n) is 15.6. The smallest absolute Gasteiger partial charge is 0.364 e. The Morgan fingerprint density at radius 3 is 2.45 bits per heavy atom. The van der Waals surface area contributed by atoms with Gasteiger partial charge in [0.15, 0.2) is 0 Å². The number of fused-ring (bicyclic) bond motifs is 3. The summed E-state index contributed by atoms with van der Waals surface area (Å²) in [6.45, 7) is 1.19. The van der Waals surface area contributed by atoms with Crippen molar-refractivity contribution in [3.8, 4) is 34.0 Å². The van der Waals surface area contributed by atoms with Gasteiger partial charge in [-0.05, 0) is 30.3 Å². The second kappa shape index (κ2) is 7.12. The monoisotopic (exact) mass is 391 g/mol. The molecule has 4 N–H and O–H groups in total. The molecular weight excluding hydrogens is 374 g/mol. The van der Waals surface area contributed by atoms with Crippen LogP contribution in [0.15, 0.2) is 52.7 Å². The Hall–Kier alpha value is -4.14. The summed E-state index contributed by atoms with van der Waals surface area (Å²) < 4.78 is 5.19. The highest BCUT2D eigenvalue weighted by atomic mass is 16.5. The molecule has 0 saturated carbocycles. The SMILES string of the molecule is COc1ccc(-c2[nH][nH]c3c4cccc(NC(=O)N=NC(C)=O)c4c(O)c2-3)cc1. The number of aromatic hydroxyl groups is 1. The highest BCUT2D eigenvalue weighted by molar-refractivity contribution is 6.16. The van der Waals surface area contributed by atoms with Crippen molar-refractivity contribution in [3.63, 3.8) is 0 Å². The van der Waals surface area contributed by atoms with Gasteiger partial charge < -0.3 is 15.2 Å². The van der Waals surface area contributed by atoms with E-state index in [1.54, 1.807) is 19.2 Å². The van der Waals surface area contributed by atoms with Crippen LogP contribution in [-0.2, 0) is 4.79 Å². The summed E-state index contributed by atoms with van der Waals surface area (Å²) in [4.78, 5) is 22.8. The molecule has 0 bridgehead atoms. The predicted octanol–water partition coefficient (Wildman–Crippen LogP) is 4.51. The molecule has 1 heterocycles. The lowest BCUT2D eigenvalue weighted by molar-refractivity contribution is -0.116. The van der Waals surface area contributed by atoms with Crippen LogP contribution >= 0.6 is 0 Å². The fourth-order valence-corrected chi connectivity index (χ4v) is 3.29. The maximum Gasteiger partial charge on any atom is 0.364 e. The highest BCUT2D eigenvalue weighted by Crippen LogP contribution is 2.49.